The maximum atomic E-state index is 12.3. The van der Waals surface area contributed by atoms with Crippen LogP contribution in [0.15, 0.2) is 29.1 Å². The van der Waals surface area contributed by atoms with Crippen LogP contribution in [0.4, 0.5) is 13.2 Å². The number of hydrogen-bond donors (Lipinski definition) is 3. The van der Waals surface area contributed by atoms with E-state index in [-0.39, 0.29) is 18.5 Å². The smallest absolute Gasteiger partial charge is 0.405 e. The van der Waals surface area contributed by atoms with E-state index in [0.717, 1.165) is 6.07 Å². The lowest BCUT2D eigenvalue weighted by Crippen LogP contribution is -2.27. The summed E-state index contributed by atoms with van der Waals surface area (Å²) in [6.45, 7) is 0.0833. The molecule has 0 aliphatic heterocycles. The van der Waals surface area contributed by atoms with Crippen molar-refractivity contribution >= 4 is 5.91 Å². The highest BCUT2D eigenvalue weighted by Gasteiger charge is 2.32. The number of H-pyrrole nitrogens is 2. The van der Waals surface area contributed by atoms with E-state index >= 15 is 0 Å². The van der Waals surface area contributed by atoms with Gasteiger partial charge in [0.1, 0.15) is 11.6 Å². The Labute approximate surface area is 121 Å². The molecule has 0 unspecified atom stereocenters. The average molecular weight is 316 g/mol. The first-order valence-corrected chi connectivity index (χ1v) is 6.12. The first-order chi connectivity index (χ1) is 10.3. The molecule has 0 saturated carbocycles. The largest absolute Gasteiger partial charge is 0.573 e. The number of carbonyl (C=O) groups excluding carboxylic acids is 1. The number of nitrogens with zero attached hydrogens (tertiary/aromatic N) is 1. The van der Waals surface area contributed by atoms with Crippen LogP contribution in [-0.2, 0) is 6.42 Å². The van der Waals surface area contributed by atoms with Crippen LogP contribution in [0.5, 0.6) is 5.75 Å². The third-order valence-electron chi connectivity index (χ3n) is 2.55. The summed E-state index contributed by atoms with van der Waals surface area (Å²) in [6, 6.07) is 5.01. The van der Waals surface area contributed by atoms with Gasteiger partial charge >= 0.3 is 12.1 Å². The quantitative estimate of drug-likeness (QED) is 0.765. The first-order valence-electron chi connectivity index (χ1n) is 6.12. The van der Waals surface area contributed by atoms with Gasteiger partial charge in [0.05, 0.1) is 5.56 Å². The maximum absolute atomic E-state index is 12.3. The Kier molecular flexibility index (Phi) is 4.49. The van der Waals surface area contributed by atoms with Gasteiger partial charge in [0.2, 0.25) is 0 Å². The maximum Gasteiger partial charge on any atom is 0.573 e. The van der Waals surface area contributed by atoms with Crippen LogP contribution in [0.2, 0.25) is 0 Å². The lowest BCUT2D eigenvalue weighted by Gasteiger charge is -2.12. The molecule has 0 fully saturated rings. The zero-order chi connectivity index (χ0) is 16.2. The van der Waals surface area contributed by atoms with Crippen LogP contribution in [0, 0.1) is 0 Å². The van der Waals surface area contributed by atoms with Gasteiger partial charge in [-0.05, 0) is 12.1 Å². The molecule has 0 radical (unpaired) electrons. The molecule has 10 heteroatoms. The van der Waals surface area contributed by atoms with E-state index in [0.29, 0.717) is 5.82 Å². The average Bonchev–Trinajstić information content (AvgIpc) is 2.83. The van der Waals surface area contributed by atoms with Crippen LogP contribution in [-0.4, -0.2) is 34.0 Å². The molecule has 0 aliphatic rings. The molecule has 0 spiro atoms. The number of para-hydroxylation sites is 1. The Morgan fingerprint density at radius 2 is 2.05 bits per heavy atom. The summed E-state index contributed by atoms with van der Waals surface area (Å²) >= 11 is 0. The summed E-state index contributed by atoms with van der Waals surface area (Å²) in [5, 5.41) is 8.21. The number of alkyl halides is 3. The molecule has 118 valence electrons. The molecule has 0 bridgehead atoms. The van der Waals surface area contributed by atoms with Gasteiger partial charge in [-0.25, -0.2) is 9.89 Å². The number of nitrogens with one attached hydrogen (secondary N) is 3. The zero-order valence-corrected chi connectivity index (χ0v) is 11.0. The normalized spacial score (nSPS) is 11.2. The standard InChI is InChI=1S/C12H11F3N4O3/c13-12(14,15)22-8-4-2-1-3-7(8)10(20)16-6-5-9-17-11(21)19-18-9/h1-4H,5-6H2,(H,16,20)(H2,17,18,19,21). The van der Waals surface area contributed by atoms with Crippen LogP contribution in [0.25, 0.3) is 0 Å². The van der Waals surface area contributed by atoms with Gasteiger partial charge in [0.25, 0.3) is 5.91 Å². The minimum atomic E-state index is -4.88. The van der Waals surface area contributed by atoms with Crippen molar-refractivity contribution in [2.75, 3.05) is 6.54 Å². The molecule has 3 N–H and O–H groups in total. The van der Waals surface area contributed by atoms with E-state index in [2.05, 4.69) is 25.2 Å². The van der Waals surface area contributed by atoms with Gasteiger partial charge in [0.15, 0.2) is 0 Å². The molecule has 0 saturated heterocycles. The number of rotatable bonds is 5. The van der Waals surface area contributed by atoms with Crippen molar-refractivity contribution in [3.05, 3.63) is 46.1 Å². The molecule has 0 atom stereocenters. The summed E-state index contributed by atoms with van der Waals surface area (Å²) in [6.07, 6.45) is -4.67. The summed E-state index contributed by atoms with van der Waals surface area (Å²) in [5.41, 5.74) is -0.722. The topological polar surface area (TPSA) is 99.9 Å². The molecule has 0 aliphatic carbocycles. The van der Waals surface area contributed by atoms with E-state index in [9.17, 15) is 22.8 Å². The Balaban J connectivity index is 1.98. The molecular weight excluding hydrogens is 305 g/mol. The third-order valence-corrected chi connectivity index (χ3v) is 2.55. The predicted octanol–water partition coefficient (Wildman–Crippen LogP) is 0.969. The van der Waals surface area contributed by atoms with E-state index in [1.165, 1.54) is 18.2 Å². The second kappa shape index (κ2) is 6.33. The minimum Gasteiger partial charge on any atom is -0.405 e. The second-order valence-corrected chi connectivity index (χ2v) is 4.17. The predicted molar refractivity (Wildman–Crippen MR) is 68.4 cm³/mol. The monoisotopic (exact) mass is 316 g/mol. The molecule has 2 aromatic rings. The van der Waals surface area contributed by atoms with E-state index in [1.807, 2.05) is 0 Å². The molecule has 22 heavy (non-hydrogen) atoms. The van der Waals surface area contributed by atoms with Crippen LogP contribution in [0.3, 0.4) is 0 Å². The number of carbonyl (C=O) groups is 1. The van der Waals surface area contributed by atoms with Crippen LogP contribution >= 0.6 is 0 Å². The van der Waals surface area contributed by atoms with Crippen molar-refractivity contribution in [1.29, 1.82) is 0 Å². The van der Waals surface area contributed by atoms with Crippen molar-refractivity contribution in [2.45, 2.75) is 12.8 Å². The van der Waals surface area contributed by atoms with Gasteiger partial charge in [-0.3, -0.25) is 9.78 Å². The highest BCUT2D eigenvalue weighted by Crippen LogP contribution is 2.26. The molecule has 1 aromatic heterocycles. The van der Waals surface area contributed by atoms with E-state index in [1.54, 1.807) is 0 Å². The number of aromatic nitrogens is 3. The number of benzene rings is 1. The van der Waals surface area contributed by atoms with Gasteiger partial charge in [0, 0.05) is 13.0 Å². The molecule has 1 amide bonds. The van der Waals surface area contributed by atoms with Gasteiger partial charge in [-0.2, -0.15) is 5.10 Å². The summed E-state index contributed by atoms with van der Waals surface area (Å²) < 4.78 is 40.6. The number of aromatic amines is 2. The zero-order valence-electron chi connectivity index (χ0n) is 11.0. The fourth-order valence-electron chi connectivity index (χ4n) is 1.68. The number of halogens is 3. The van der Waals surface area contributed by atoms with E-state index < -0.39 is 23.7 Å². The van der Waals surface area contributed by atoms with Crippen LogP contribution in [0.1, 0.15) is 16.2 Å². The number of hydrogen-bond acceptors (Lipinski definition) is 4. The SMILES string of the molecule is O=C(NCCc1n[nH]c(=O)[nH]1)c1ccccc1OC(F)(F)F. The highest BCUT2D eigenvalue weighted by molar-refractivity contribution is 5.96. The molecule has 7 nitrogen and oxygen atoms in total. The lowest BCUT2D eigenvalue weighted by atomic mass is 10.2. The van der Waals surface area contributed by atoms with Crippen molar-refractivity contribution in [1.82, 2.24) is 20.5 Å². The molecule has 2 rings (SSSR count). The summed E-state index contributed by atoms with van der Waals surface area (Å²) in [4.78, 5) is 25.1. The first kappa shape index (κ1) is 15.6. The Morgan fingerprint density at radius 3 is 2.68 bits per heavy atom. The fourth-order valence-corrected chi connectivity index (χ4v) is 1.68. The van der Waals surface area contributed by atoms with Crippen molar-refractivity contribution < 1.29 is 22.7 Å². The molecular formula is C12H11F3N4O3. The Morgan fingerprint density at radius 1 is 1.32 bits per heavy atom. The van der Waals surface area contributed by atoms with Crippen molar-refractivity contribution in [3.8, 4) is 5.75 Å². The Bertz CT molecular complexity index is 708. The number of amides is 1. The van der Waals surface area contributed by atoms with Gasteiger partial charge in [-0.15, -0.1) is 13.2 Å². The number of ether oxygens (including phenoxy) is 1. The summed E-state index contributed by atoms with van der Waals surface area (Å²) in [7, 11) is 0. The highest BCUT2D eigenvalue weighted by atomic mass is 19.4. The van der Waals surface area contributed by atoms with Crippen molar-refractivity contribution in [2.24, 2.45) is 0 Å². The summed E-state index contributed by atoms with van der Waals surface area (Å²) in [5.74, 6) is -0.983. The Hall–Kier alpha value is -2.78. The minimum absolute atomic E-state index is 0.0833. The van der Waals surface area contributed by atoms with Gasteiger partial charge < -0.3 is 10.1 Å². The molecule has 1 aromatic carbocycles. The van der Waals surface area contributed by atoms with Crippen molar-refractivity contribution in [3.63, 3.8) is 0 Å². The fraction of sp³-hybridized carbons (Fsp3) is 0.250. The van der Waals surface area contributed by atoms with E-state index in [4.69, 9.17) is 0 Å². The van der Waals surface area contributed by atoms with Gasteiger partial charge in [-0.1, -0.05) is 12.1 Å². The second-order valence-electron chi connectivity index (χ2n) is 4.17. The lowest BCUT2D eigenvalue weighted by molar-refractivity contribution is -0.274. The third kappa shape index (κ3) is 4.36. The van der Waals surface area contributed by atoms with Crippen LogP contribution < -0.4 is 15.7 Å². The molecule has 1 heterocycles.